The molecule has 0 unspecified atom stereocenters. The molecule has 1 aromatic rings. The van der Waals surface area contributed by atoms with Gasteiger partial charge in [-0.05, 0) is 43.0 Å². The van der Waals surface area contributed by atoms with Gasteiger partial charge in [0.05, 0.1) is 6.61 Å². The lowest BCUT2D eigenvalue weighted by atomic mass is 10.2. The van der Waals surface area contributed by atoms with Crippen LogP contribution in [0.5, 0.6) is 0 Å². The predicted octanol–water partition coefficient (Wildman–Crippen LogP) is 2.16. The topological polar surface area (TPSA) is 47.3 Å². The Balaban J connectivity index is 1.65. The van der Waals surface area contributed by atoms with Crippen molar-refractivity contribution in [3.05, 3.63) is 29.8 Å². The summed E-state index contributed by atoms with van der Waals surface area (Å²) < 4.78 is 5.54. The van der Waals surface area contributed by atoms with Crippen LogP contribution in [0.3, 0.4) is 0 Å². The first-order chi connectivity index (χ1) is 8.25. The number of nitrogens with two attached hydrogens (primary N) is 1. The maximum absolute atomic E-state index is 5.54. The fourth-order valence-electron chi connectivity index (χ4n) is 1.55. The Kier molecular flexibility index (Phi) is 4.34. The summed E-state index contributed by atoms with van der Waals surface area (Å²) in [6, 6.07) is 7.82. The first-order valence-corrected chi connectivity index (χ1v) is 6.38. The predicted molar refractivity (Wildman–Crippen MR) is 74.4 cm³/mol. The monoisotopic (exact) mass is 250 g/mol. The quantitative estimate of drug-likeness (QED) is 0.575. The van der Waals surface area contributed by atoms with Crippen LogP contribution < -0.4 is 11.1 Å². The second-order valence-corrected chi connectivity index (χ2v) is 4.83. The highest BCUT2D eigenvalue weighted by Crippen LogP contribution is 2.28. The van der Waals surface area contributed by atoms with Crippen molar-refractivity contribution in [1.82, 2.24) is 0 Å². The molecule has 17 heavy (non-hydrogen) atoms. The zero-order valence-electron chi connectivity index (χ0n) is 9.82. The third kappa shape index (κ3) is 4.32. The van der Waals surface area contributed by atoms with Crippen molar-refractivity contribution in [3.8, 4) is 0 Å². The largest absolute Gasteiger partial charge is 0.389 e. The third-order valence-electron chi connectivity index (χ3n) is 2.80. The van der Waals surface area contributed by atoms with E-state index in [4.69, 9.17) is 22.7 Å². The van der Waals surface area contributed by atoms with Gasteiger partial charge in [-0.25, -0.2) is 0 Å². The molecule has 3 N–H and O–H groups in total. The molecule has 1 aliphatic carbocycles. The molecule has 0 radical (unpaired) electrons. The molecule has 1 aromatic carbocycles. The minimum atomic E-state index is 0.435. The molecule has 0 heterocycles. The minimum absolute atomic E-state index is 0.435. The second-order valence-electron chi connectivity index (χ2n) is 4.39. The molecule has 1 fully saturated rings. The van der Waals surface area contributed by atoms with Crippen molar-refractivity contribution in [2.24, 2.45) is 11.7 Å². The average molecular weight is 250 g/mol. The number of hydrogen-bond acceptors (Lipinski definition) is 3. The molecule has 0 aromatic heterocycles. The second kappa shape index (κ2) is 5.98. The number of rotatable bonds is 7. The van der Waals surface area contributed by atoms with Crippen molar-refractivity contribution in [2.75, 3.05) is 25.1 Å². The van der Waals surface area contributed by atoms with Crippen molar-refractivity contribution in [2.45, 2.75) is 12.8 Å². The average Bonchev–Trinajstić information content (AvgIpc) is 3.13. The van der Waals surface area contributed by atoms with Gasteiger partial charge in [-0.1, -0.05) is 12.2 Å². The summed E-state index contributed by atoms with van der Waals surface area (Å²) in [5.74, 6) is 0.833. The Morgan fingerprint density at radius 1 is 1.35 bits per heavy atom. The van der Waals surface area contributed by atoms with E-state index in [0.717, 1.165) is 36.9 Å². The molecule has 0 atom stereocenters. The first kappa shape index (κ1) is 12.3. The zero-order valence-corrected chi connectivity index (χ0v) is 10.6. The van der Waals surface area contributed by atoms with Gasteiger partial charge in [-0.2, -0.15) is 0 Å². The number of ether oxygens (including phenoxy) is 1. The van der Waals surface area contributed by atoms with E-state index in [1.165, 1.54) is 12.8 Å². The van der Waals surface area contributed by atoms with Crippen molar-refractivity contribution < 1.29 is 4.74 Å². The summed E-state index contributed by atoms with van der Waals surface area (Å²) >= 11 is 4.89. The number of benzene rings is 1. The van der Waals surface area contributed by atoms with Crippen LogP contribution in [0.25, 0.3) is 0 Å². The van der Waals surface area contributed by atoms with E-state index in [1.807, 2.05) is 24.3 Å². The zero-order chi connectivity index (χ0) is 12.1. The van der Waals surface area contributed by atoms with Gasteiger partial charge in [0.1, 0.15) is 4.99 Å². The fourth-order valence-corrected chi connectivity index (χ4v) is 1.69. The smallest absolute Gasteiger partial charge is 0.103 e. The van der Waals surface area contributed by atoms with E-state index in [1.54, 1.807) is 0 Å². The molecule has 0 bridgehead atoms. The van der Waals surface area contributed by atoms with Crippen LogP contribution in [0.4, 0.5) is 5.69 Å². The highest BCUT2D eigenvalue weighted by atomic mass is 32.1. The van der Waals surface area contributed by atoms with Crippen molar-refractivity contribution in [1.29, 1.82) is 0 Å². The van der Waals surface area contributed by atoms with Gasteiger partial charge < -0.3 is 15.8 Å². The maximum Gasteiger partial charge on any atom is 0.103 e. The number of hydrogen-bond donors (Lipinski definition) is 2. The Hall–Kier alpha value is -1.13. The number of anilines is 1. The van der Waals surface area contributed by atoms with Crippen LogP contribution in [0, 0.1) is 5.92 Å². The Bertz CT molecular complexity index is 374. The van der Waals surface area contributed by atoms with Gasteiger partial charge in [0.25, 0.3) is 0 Å². The van der Waals surface area contributed by atoms with Gasteiger partial charge in [0.15, 0.2) is 0 Å². The Labute approximate surface area is 107 Å². The molecule has 0 aliphatic heterocycles. The summed E-state index contributed by atoms with van der Waals surface area (Å²) in [5, 5.41) is 3.30. The third-order valence-corrected chi connectivity index (χ3v) is 3.03. The van der Waals surface area contributed by atoms with Crippen molar-refractivity contribution in [3.63, 3.8) is 0 Å². The fraction of sp³-hybridized carbons (Fsp3) is 0.462. The molecule has 0 saturated heterocycles. The number of nitrogens with one attached hydrogen (secondary N) is 1. The Morgan fingerprint density at radius 2 is 2.06 bits per heavy atom. The lowest BCUT2D eigenvalue weighted by Crippen LogP contribution is -2.11. The SMILES string of the molecule is NC(=S)c1ccc(NCCOCC2CC2)cc1. The molecule has 92 valence electrons. The summed E-state index contributed by atoms with van der Waals surface area (Å²) in [6.45, 7) is 2.51. The van der Waals surface area contributed by atoms with Crippen LogP contribution in [0.2, 0.25) is 0 Å². The van der Waals surface area contributed by atoms with Crippen LogP contribution in [-0.4, -0.2) is 24.7 Å². The molecular weight excluding hydrogens is 232 g/mol. The van der Waals surface area contributed by atoms with Crippen LogP contribution in [-0.2, 0) is 4.74 Å². The molecule has 1 saturated carbocycles. The highest BCUT2D eigenvalue weighted by molar-refractivity contribution is 7.80. The standard InChI is InChI=1S/C13H18N2OS/c14-13(17)11-3-5-12(6-4-11)15-7-8-16-9-10-1-2-10/h3-6,10,15H,1-2,7-9H2,(H2,14,17). The van der Waals surface area contributed by atoms with Gasteiger partial charge in [-0.15, -0.1) is 0 Å². The van der Waals surface area contributed by atoms with Gasteiger partial charge in [-0.3, -0.25) is 0 Å². The number of thiocarbonyl (C=S) groups is 1. The van der Waals surface area contributed by atoms with E-state index in [-0.39, 0.29) is 0 Å². The maximum atomic E-state index is 5.54. The molecular formula is C13H18N2OS. The van der Waals surface area contributed by atoms with E-state index in [9.17, 15) is 0 Å². The molecule has 0 amide bonds. The molecule has 3 nitrogen and oxygen atoms in total. The van der Waals surface area contributed by atoms with Crippen LogP contribution in [0.15, 0.2) is 24.3 Å². The first-order valence-electron chi connectivity index (χ1n) is 5.97. The normalized spacial score (nSPS) is 14.6. The van der Waals surface area contributed by atoms with Crippen molar-refractivity contribution >= 4 is 22.9 Å². The summed E-state index contributed by atoms with van der Waals surface area (Å²) in [7, 11) is 0. The molecule has 0 spiro atoms. The van der Waals surface area contributed by atoms with E-state index >= 15 is 0 Å². The summed E-state index contributed by atoms with van der Waals surface area (Å²) in [4.78, 5) is 0.435. The minimum Gasteiger partial charge on any atom is -0.389 e. The van der Waals surface area contributed by atoms with E-state index < -0.39 is 0 Å². The van der Waals surface area contributed by atoms with Gasteiger partial charge >= 0.3 is 0 Å². The lowest BCUT2D eigenvalue weighted by Gasteiger charge is -2.07. The van der Waals surface area contributed by atoms with Crippen LogP contribution in [0.1, 0.15) is 18.4 Å². The van der Waals surface area contributed by atoms with Crippen LogP contribution >= 0.6 is 12.2 Å². The van der Waals surface area contributed by atoms with Gasteiger partial charge in [0, 0.05) is 24.4 Å². The summed E-state index contributed by atoms with van der Waals surface area (Å²) in [5.41, 5.74) is 7.50. The lowest BCUT2D eigenvalue weighted by molar-refractivity contribution is 0.134. The Morgan fingerprint density at radius 3 is 2.65 bits per heavy atom. The summed E-state index contributed by atoms with van der Waals surface area (Å²) in [6.07, 6.45) is 2.68. The molecule has 2 rings (SSSR count). The van der Waals surface area contributed by atoms with E-state index in [2.05, 4.69) is 5.32 Å². The molecule has 1 aliphatic rings. The molecule has 4 heteroatoms. The van der Waals surface area contributed by atoms with Gasteiger partial charge in [0.2, 0.25) is 0 Å². The van der Waals surface area contributed by atoms with E-state index in [0.29, 0.717) is 4.99 Å². The highest BCUT2D eigenvalue weighted by Gasteiger charge is 2.20.